The molecule has 2 rings (SSSR count). The molecule has 0 unspecified atom stereocenters. The number of rotatable bonds is 1. The van der Waals surface area contributed by atoms with Crippen molar-refractivity contribution in [1.29, 1.82) is 0 Å². The van der Waals surface area contributed by atoms with Crippen LogP contribution in [0.5, 0.6) is 0 Å². The van der Waals surface area contributed by atoms with Gasteiger partial charge in [0.1, 0.15) is 0 Å². The molecular formula is C16H13Cl2N. The van der Waals surface area contributed by atoms with E-state index in [1.807, 2.05) is 6.20 Å². The molecule has 0 atom stereocenters. The molecule has 1 nitrogen and oxygen atoms in total. The van der Waals surface area contributed by atoms with E-state index in [9.17, 15) is 0 Å². The second kappa shape index (κ2) is 6.02. The van der Waals surface area contributed by atoms with Gasteiger partial charge in [-0.25, -0.2) is 0 Å². The Kier molecular flexibility index (Phi) is 4.37. The first-order valence-electron chi connectivity index (χ1n) is 5.96. The number of aromatic amines is 1. The Morgan fingerprint density at radius 1 is 1.26 bits per heavy atom. The van der Waals surface area contributed by atoms with Crippen molar-refractivity contribution in [3.8, 4) is 11.8 Å². The Morgan fingerprint density at radius 2 is 1.95 bits per heavy atom. The molecule has 0 aliphatic rings. The van der Waals surface area contributed by atoms with Crippen LogP contribution in [0.1, 0.15) is 24.5 Å². The Morgan fingerprint density at radius 3 is 2.58 bits per heavy atom. The molecule has 1 N–H and O–H groups in total. The molecule has 0 saturated heterocycles. The van der Waals surface area contributed by atoms with Crippen molar-refractivity contribution < 1.29 is 0 Å². The van der Waals surface area contributed by atoms with E-state index in [0.717, 1.165) is 22.6 Å². The monoisotopic (exact) mass is 289 g/mol. The second-order valence-electron chi connectivity index (χ2n) is 4.05. The number of halogens is 2. The summed E-state index contributed by atoms with van der Waals surface area (Å²) >= 11 is 12.1. The summed E-state index contributed by atoms with van der Waals surface area (Å²) in [6.45, 7) is 6.10. The van der Waals surface area contributed by atoms with E-state index >= 15 is 0 Å². The zero-order valence-corrected chi connectivity index (χ0v) is 12.1. The highest BCUT2D eigenvalue weighted by atomic mass is 35.5. The van der Waals surface area contributed by atoms with Crippen LogP contribution >= 0.6 is 23.2 Å². The summed E-state index contributed by atoms with van der Waals surface area (Å²) in [5.74, 6) is 6.06. The lowest BCUT2D eigenvalue weighted by Crippen LogP contribution is -2.22. The van der Waals surface area contributed by atoms with Crippen LogP contribution in [-0.2, 0) is 0 Å². The largest absolute Gasteiger partial charge is 0.360 e. The van der Waals surface area contributed by atoms with Gasteiger partial charge in [0.2, 0.25) is 0 Å². The van der Waals surface area contributed by atoms with Crippen molar-refractivity contribution in [3.63, 3.8) is 0 Å². The molecule has 0 radical (unpaired) electrons. The predicted molar refractivity (Wildman–Crippen MR) is 82.8 cm³/mol. The van der Waals surface area contributed by atoms with Gasteiger partial charge >= 0.3 is 0 Å². The molecule has 3 heteroatoms. The molecule has 0 spiro atoms. The van der Waals surface area contributed by atoms with Crippen LogP contribution in [0.3, 0.4) is 0 Å². The fourth-order valence-electron chi connectivity index (χ4n) is 1.71. The minimum atomic E-state index is 0.557. The highest BCUT2D eigenvalue weighted by Crippen LogP contribution is 2.22. The van der Waals surface area contributed by atoms with Gasteiger partial charge in [0.25, 0.3) is 0 Å². The lowest BCUT2D eigenvalue weighted by molar-refractivity contribution is 1.23. The molecule has 19 heavy (non-hydrogen) atoms. The molecule has 1 aromatic heterocycles. The Labute approximate surface area is 122 Å². The molecule has 0 aliphatic carbocycles. The molecule has 0 saturated carbocycles. The number of hydrogen-bond donors (Lipinski definition) is 1. The predicted octanol–water partition coefficient (Wildman–Crippen LogP) is 3.32. The van der Waals surface area contributed by atoms with Gasteiger partial charge in [0, 0.05) is 22.3 Å². The van der Waals surface area contributed by atoms with Crippen molar-refractivity contribution in [2.75, 3.05) is 0 Å². The zero-order chi connectivity index (χ0) is 13.8. The van der Waals surface area contributed by atoms with Crippen molar-refractivity contribution >= 4 is 35.9 Å². The van der Waals surface area contributed by atoms with Crippen LogP contribution in [-0.4, -0.2) is 4.98 Å². The topological polar surface area (TPSA) is 15.8 Å². The van der Waals surface area contributed by atoms with Crippen molar-refractivity contribution in [2.24, 2.45) is 0 Å². The van der Waals surface area contributed by atoms with Crippen LogP contribution in [0, 0.1) is 11.8 Å². The number of nitrogens with one attached hydrogen (secondary N) is 1. The van der Waals surface area contributed by atoms with Gasteiger partial charge in [-0.15, -0.1) is 0 Å². The first-order valence-corrected chi connectivity index (χ1v) is 6.71. The third-order valence-electron chi connectivity index (χ3n) is 2.72. The molecule has 2 aromatic rings. The van der Waals surface area contributed by atoms with Gasteiger partial charge in [0.05, 0.1) is 15.6 Å². The highest BCUT2D eigenvalue weighted by Gasteiger charge is 2.01. The molecule has 0 fully saturated rings. The van der Waals surface area contributed by atoms with Crippen LogP contribution in [0.2, 0.25) is 10.0 Å². The highest BCUT2D eigenvalue weighted by molar-refractivity contribution is 6.36. The standard InChI is InChI=1S/C16H13Cl2N/c1-3-5-16-11(2)12(10-19-16)8-9-13-14(17)6-4-7-15(13)18/h4-7,10,19H,2-3H2,1H3. The Bertz CT molecular complexity index is 740. The molecule has 1 aromatic carbocycles. The number of H-pyrrole nitrogens is 1. The molecule has 0 bridgehead atoms. The van der Waals surface area contributed by atoms with E-state index in [1.165, 1.54) is 0 Å². The first kappa shape index (κ1) is 13.8. The molecular weight excluding hydrogens is 277 g/mol. The molecule has 0 aliphatic heterocycles. The summed E-state index contributed by atoms with van der Waals surface area (Å²) in [4.78, 5) is 3.15. The third-order valence-corrected chi connectivity index (χ3v) is 3.35. The van der Waals surface area contributed by atoms with E-state index in [4.69, 9.17) is 23.2 Å². The van der Waals surface area contributed by atoms with Gasteiger partial charge < -0.3 is 4.98 Å². The summed E-state index contributed by atoms with van der Waals surface area (Å²) in [6, 6.07) is 5.35. The van der Waals surface area contributed by atoms with Gasteiger partial charge in [-0.3, -0.25) is 0 Å². The SMILES string of the molecule is C=c1c(C#Cc2c(Cl)cccc2Cl)c[nH]c1=CCC. The quantitative estimate of drug-likeness (QED) is 0.775. The van der Waals surface area contributed by atoms with Crippen LogP contribution < -0.4 is 10.6 Å². The fourth-order valence-corrected chi connectivity index (χ4v) is 2.21. The van der Waals surface area contributed by atoms with Gasteiger partial charge in [-0.05, 0) is 18.6 Å². The maximum Gasteiger partial charge on any atom is 0.0621 e. The Hall–Kier alpha value is -1.62. The lowest BCUT2D eigenvalue weighted by atomic mass is 10.2. The van der Waals surface area contributed by atoms with Crippen molar-refractivity contribution in [1.82, 2.24) is 4.98 Å². The summed E-state index contributed by atoms with van der Waals surface area (Å²) in [6.07, 6.45) is 4.88. The summed E-state index contributed by atoms with van der Waals surface area (Å²) < 4.78 is 0. The minimum absolute atomic E-state index is 0.557. The van der Waals surface area contributed by atoms with E-state index in [2.05, 4.69) is 36.4 Å². The molecule has 0 amide bonds. The Balaban J connectivity index is 2.46. The summed E-state index contributed by atoms with van der Waals surface area (Å²) in [5, 5.41) is 3.03. The number of benzene rings is 1. The van der Waals surface area contributed by atoms with E-state index in [1.54, 1.807) is 18.2 Å². The maximum atomic E-state index is 6.07. The molecule has 96 valence electrons. The van der Waals surface area contributed by atoms with E-state index in [0.29, 0.717) is 15.6 Å². The van der Waals surface area contributed by atoms with E-state index in [-0.39, 0.29) is 0 Å². The summed E-state index contributed by atoms with van der Waals surface area (Å²) in [5.41, 5.74) is 1.50. The lowest BCUT2D eigenvalue weighted by Gasteiger charge is -1.97. The second-order valence-corrected chi connectivity index (χ2v) is 4.87. The fraction of sp³-hybridized carbons (Fsp3) is 0.125. The smallest absolute Gasteiger partial charge is 0.0621 e. The number of hydrogen-bond acceptors (Lipinski definition) is 0. The maximum absolute atomic E-state index is 6.07. The van der Waals surface area contributed by atoms with Gasteiger partial charge in [0.15, 0.2) is 0 Å². The van der Waals surface area contributed by atoms with Crippen LogP contribution in [0.15, 0.2) is 24.4 Å². The zero-order valence-electron chi connectivity index (χ0n) is 10.6. The van der Waals surface area contributed by atoms with Crippen LogP contribution in [0.25, 0.3) is 12.7 Å². The van der Waals surface area contributed by atoms with Gasteiger partial charge in [-0.1, -0.05) is 60.7 Å². The first-order chi connectivity index (χ1) is 9.13. The average Bonchev–Trinajstić information content (AvgIpc) is 2.71. The average molecular weight is 290 g/mol. The number of aromatic nitrogens is 1. The van der Waals surface area contributed by atoms with Crippen molar-refractivity contribution in [3.05, 3.63) is 56.1 Å². The van der Waals surface area contributed by atoms with Crippen LogP contribution in [0.4, 0.5) is 0 Å². The normalized spacial score (nSPS) is 11.2. The van der Waals surface area contributed by atoms with Crippen molar-refractivity contribution in [2.45, 2.75) is 13.3 Å². The minimum Gasteiger partial charge on any atom is -0.360 e. The summed E-state index contributed by atoms with van der Waals surface area (Å²) in [7, 11) is 0. The van der Waals surface area contributed by atoms with Gasteiger partial charge in [-0.2, -0.15) is 0 Å². The molecule has 1 heterocycles. The van der Waals surface area contributed by atoms with E-state index < -0.39 is 0 Å². The third kappa shape index (κ3) is 3.04.